The fraction of sp³-hybridized carbons (Fsp3) is 0.263. The van der Waals surface area contributed by atoms with Crippen LogP contribution in [0.3, 0.4) is 0 Å². The Morgan fingerprint density at radius 1 is 1.08 bits per heavy atom. The highest BCUT2D eigenvalue weighted by Crippen LogP contribution is 2.32. The van der Waals surface area contributed by atoms with E-state index < -0.39 is 11.2 Å². The van der Waals surface area contributed by atoms with E-state index in [-0.39, 0.29) is 16.8 Å². The zero-order valence-electron chi connectivity index (χ0n) is 15.3. The van der Waals surface area contributed by atoms with Gasteiger partial charge in [0.2, 0.25) is 0 Å². The van der Waals surface area contributed by atoms with Crippen molar-refractivity contribution < 1.29 is 9.53 Å². The minimum atomic E-state index is -0.482. The Kier molecular flexibility index (Phi) is 4.23. The maximum absolute atomic E-state index is 12.9. The second kappa shape index (κ2) is 6.25. The first-order valence-electron chi connectivity index (χ1n) is 8.03. The Morgan fingerprint density at radius 2 is 1.69 bits per heavy atom. The van der Waals surface area contributed by atoms with Crippen LogP contribution in [0.5, 0.6) is 5.75 Å². The summed E-state index contributed by atoms with van der Waals surface area (Å²) < 4.78 is 7.53. The lowest BCUT2D eigenvalue weighted by Crippen LogP contribution is -2.38. The van der Waals surface area contributed by atoms with Crippen molar-refractivity contribution in [3.05, 3.63) is 56.4 Å². The molecule has 0 fully saturated rings. The van der Waals surface area contributed by atoms with Crippen molar-refractivity contribution in [1.82, 2.24) is 14.1 Å². The van der Waals surface area contributed by atoms with Crippen LogP contribution in [0.2, 0.25) is 0 Å². The highest BCUT2D eigenvalue weighted by atomic mass is 16.5. The first kappa shape index (κ1) is 17.6. The Morgan fingerprint density at radius 3 is 2.23 bits per heavy atom. The molecule has 7 nitrogen and oxygen atoms in total. The van der Waals surface area contributed by atoms with E-state index in [2.05, 4.69) is 4.98 Å². The Balaban J connectivity index is 2.60. The van der Waals surface area contributed by atoms with E-state index in [9.17, 15) is 14.4 Å². The molecule has 0 N–H and O–H groups in total. The first-order valence-corrected chi connectivity index (χ1v) is 8.03. The molecule has 0 bridgehead atoms. The van der Waals surface area contributed by atoms with E-state index in [1.54, 1.807) is 45.3 Å². The monoisotopic (exact) mass is 353 g/mol. The maximum Gasteiger partial charge on any atom is 0.332 e. The largest absolute Gasteiger partial charge is 0.497 e. The highest BCUT2D eigenvalue weighted by molar-refractivity contribution is 6.09. The zero-order valence-corrected chi connectivity index (χ0v) is 15.3. The van der Waals surface area contributed by atoms with Crippen LogP contribution >= 0.6 is 0 Å². The van der Waals surface area contributed by atoms with Gasteiger partial charge in [-0.2, -0.15) is 0 Å². The lowest BCUT2D eigenvalue weighted by molar-refractivity contribution is 0.101. The van der Waals surface area contributed by atoms with Gasteiger partial charge < -0.3 is 4.74 Å². The molecule has 1 aromatic carbocycles. The van der Waals surface area contributed by atoms with E-state index in [1.807, 2.05) is 0 Å². The van der Waals surface area contributed by atoms with E-state index in [1.165, 1.54) is 18.5 Å². The number of benzene rings is 1. The summed E-state index contributed by atoms with van der Waals surface area (Å²) in [6.07, 6.45) is 0. The third kappa shape index (κ3) is 2.52. The minimum Gasteiger partial charge on any atom is -0.497 e. The fourth-order valence-electron chi connectivity index (χ4n) is 3.18. The van der Waals surface area contributed by atoms with Crippen LogP contribution in [0.15, 0.2) is 33.9 Å². The van der Waals surface area contributed by atoms with E-state index in [4.69, 9.17) is 4.74 Å². The van der Waals surface area contributed by atoms with Crippen molar-refractivity contribution in [1.29, 1.82) is 0 Å². The van der Waals surface area contributed by atoms with Gasteiger partial charge in [0.25, 0.3) is 5.56 Å². The van der Waals surface area contributed by atoms with Crippen molar-refractivity contribution in [2.75, 3.05) is 7.11 Å². The first-order chi connectivity index (χ1) is 12.3. The van der Waals surface area contributed by atoms with Crippen molar-refractivity contribution >= 4 is 16.8 Å². The van der Waals surface area contributed by atoms with Gasteiger partial charge in [0.1, 0.15) is 11.4 Å². The number of ether oxygens (including phenoxy) is 1. The molecule has 2 aromatic heterocycles. The molecule has 0 atom stereocenters. The van der Waals surface area contributed by atoms with Gasteiger partial charge >= 0.3 is 5.69 Å². The molecule has 26 heavy (non-hydrogen) atoms. The van der Waals surface area contributed by atoms with Crippen molar-refractivity contribution in [2.45, 2.75) is 13.8 Å². The van der Waals surface area contributed by atoms with E-state index in [0.717, 1.165) is 4.57 Å². The zero-order chi connectivity index (χ0) is 19.2. The van der Waals surface area contributed by atoms with Crippen LogP contribution in [0.1, 0.15) is 23.0 Å². The minimum absolute atomic E-state index is 0.196. The molecule has 7 heteroatoms. The van der Waals surface area contributed by atoms with Gasteiger partial charge in [0.15, 0.2) is 5.78 Å². The summed E-state index contributed by atoms with van der Waals surface area (Å²) in [7, 11) is 4.53. The van der Waals surface area contributed by atoms with Crippen LogP contribution in [0.25, 0.3) is 22.2 Å². The number of ketones is 1. The molecule has 0 aliphatic heterocycles. The molecule has 0 amide bonds. The molecule has 134 valence electrons. The number of pyridine rings is 1. The summed E-state index contributed by atoms with van der Waals surface area (Å²) in [5.74, 6) is 0.465. The number of rotatable bonds is 3. The molecule has 0 aliphatic rings. The lowest BCUT2D eigenvalue weighted by Gasteiger charge is -2.16. The van der Waals surface area contributed by atoms with Crippen molar-refractivity contribution in [3.8, 4) is 16.9 Å². The topological polar surface area (TPSA) is 83.2 Å². The second-order valence-corrected chi connectivity index (χ2v) is 6.14. The SMILES string of the molecule is COc1ccc(-c2c(C(C)=O)c(C)nc3c2c(=O)n(C)c(=O)n3C)cc1. The van der Waals surface area contributed by atoms with Crippen LogP contribution < -0.4 is 16.0 Å². The van der Waals surface area contributed by atoms with Crippen molar-refractivity contribution in [2.24, 2.45) is 14.1 Å². The number of methoxy groups -OCH3 is 1. The molecular formula is C19H19N3O4. The van der Waals surface area contributed by atoms with Crippen molar-refractivity contribution in [3.63, 3.8) is 0 Å². The van der Waals surface area contributed by atoms with E-state index in [0.29, 0.717) is 28.1 Å². The number of carbonyl (C=O) groups is 1. The molecule has 3 aromatic rings. The van der Waals surface area contributed by atoms with Crippen LogP contribution in [0.4, 0.5) is 0 Å². The smallest absolute Gasteiger partial charge is 0.332 e. The van der Waals surface area contributed by atoms with Gasteiger partial charge in [-0.25, -0.2) is 9.78 Å². The lowest BCUT2D eigenvalue weighted by atomic mass is 9.94. The summed E-state index contributed by atoms with van der Waals surface area (Å²) in [5, 5.41) is 0.246. The second-order valence-electron chi connectivity index (χ2n) is 6.14. The van der Waals surface area contributed by atoms with Gasteiger partial charge in [0, 0.05) is 25.2 Å². The summed E-state index contributed by atoms with van der Waals surface area (Å²) in [6, 6.07) is 7.08. The predicted octanol–water partition coefficient (Wildman–Crippen LogP) is 1.82. The Hall–Kier alpha value is -3.22. The number of aromatic nitrogens is 3. The number of hydrogen-bond acceptors (Lipinski definition) is 5. The molecule has 0 radical (unpaired) electrons. The number of hydrogen-bond donors (Lipinski definition) is 0. The van der Waals surface area contributed by atoms with Crippen LogP contribution in [0, 0.1) is 6.92 Å². The van der Waals surface area contributed by atoms with Gasteiger partial charge in [-0.05, 0) is 31.5 Å². The quantitative estimate of drug-likeness (QED) is 0.671. The standard InChI is InChI=1S/C19H19N3O4/c1-10-14(11(2)23)15(12-6-8-13(26-5)9-7-12)16-17(20-10)21(3)19(25)22(4)18(16)24/h6-9H,1-5H3. The van der Waals surface area contributed by atoms with Crippen LogP contribution in [-0.4, -0.2) is 27.0 Å². The normalized spacial score (nSPS) is 11.0. The molecule has 0 saturated heterocycles. The van der Waals surface area contributed by atoms with Gasteiger partial charge in [0.05, 0.1) is 18.2 Å². The number of Topliss-reactive ketones (excluding diaryl/α,β-unsaturated/α-hetero) is 1. The number of aryl methyl sites for hydroxylation is 2. The average molecular weight is 353 g/mol. The summed E-state index contributed by atoms with van der Waals surface area (Å²) >= 11 is 0. The number of fused-ring (bicyclic) bond motifs is 1. The predicted molar refractivity (Wildman–Crippen MR) is 99.0 cm³/mol. The van der Waals surface area contributed by atoms with Gasteiger partial charge in [-0.3, -0.25) is 18.7 Å². The highest BCUT2D eigenvalue weighted by Gasteiger charge is 2.22. The Labute approximate surface area is 149 Å². The van der Waals surface area contributed by atoms with Crippen LogP contribution in [-0.2, 0) is 14.1 Å². The van der Waals surface area contributed by atoms with Gasteiger partial charge in [-0.15, -0.1) is 0 Å². The summed E-state index contributed by atoms with van der Waals surface area (Å²) in [5.41, 5.74) is 1.32. The summed E-state index contributed by atoms with van der Waals surface area (Å²) in [6.45, 7) is 3.14. The molecular weight excluding hydrogens is 334 g/mol. The molecule has 0 aliphatic carbocycles. The molecule has 0 unspecified atom stereocenters. The third-order valence-corrected chi connectivity index (χ3v) is 4.50. The molecule has 3 rings (SSSR count). The maximum atomic E-state index is 12.9. The average Bonchev–Trinajstić information content (AvgIpc) is 2.63. The van der Waals surface area contributed by atoms with E-state index >= 15 is 0 Å². The molecule has 2 heterocycles. The Bertz CT molecular complexity index is 1150. The number of nitrogens with zero attached hydrogens (tertiary/aromatic N) is 3. The molecule has 0 saturated carbocycles. The third-order valence-electron chi connectivity index (χ3n) is 4.50. The summed E-state index contributed by atoms with van der Waals surface area (Å²) in [4.78, 5) is 41.9. The number of carbonyl (C=O) groups excluding carboxylic acids is 1. The fourth-order valence-corrected chi connectivity index (χ4v) is 3.18. The van der Waals surface area contributed by atoms with Gasteiger partial charge in [-0.1, -0.05) is 12.1 Å². The molecule has 0 spiro atoms.